The summed E-state index contributed by atoms with van der Waals surface area (Å²) in [5.41, 5.74) is 1.49. The van der Waals surface area contributed by atoms with Gasteiger partial charge in [-0.3, -0.25) is 0 Å². The largest absolute Gasteiger partial charge is 0.487 e. The van der Waals surface area contributed by atoms with Gasteiger partial charge in [-0.15, -0.1) is 10.2 Å². The highest BCUT2D eigenvalue weighted by Gasteiger charge is 2.17. The Morgan fingerprint density at radius 2 is 1.79 bits per heavy atom. The van der Waals surface area contributed by atoms with Crippen molar-refractivity contribution in [1.82, 2.24) is 19.6 Å². The summed E-state index contributed by atoms with van der Waals surface area (Å²) in [4.78, 5) is 4.38. The standard InChI is InChI=1S/C18H12F4N4O2/c19-15(20)10-1-3-13(4-2-10)27-9-12-8-26-6-5-11(7-14(26)23-12)17-24-25-18(28-17)16(21)22/h1-8,15-16H,9H2. The summed E-state index contributed by atoms with van der Waals surface area (Å²) in [5.74, 6) is -0.338. The van der Waals surface area contributed by atoms with Gasteiger partial charge in [0.25, 0.3) is 12.3 Å². The molecule has 6 nitrogen and oxygen atoms in total. The van der Waals surface area contributed by atoms with Crippen LogP contribution in [0.25, 0.3) is 17.1 Å². The SMILES string of the molecule is FC(F)c1ccc(OCc2cn3ccc(-c4nnc(C(F)F)o4)cc3n2)cc1. The van der Waals surface area contributed by atoms with Gasteiger partial charge in [0, 0.05) is 23.5 Å². The molecule has 0 N–H and O–H groups in total. The minimum absolute atomic E-state index is 0.0299. The quantitative estimate of drug-likeness (QED) is 0.440. The number of nitrogens with zero attached hydrogens (tertiary/aromatic N) is 4. The normalized spacial score (nSPS) is 11.6. The zero-order valence-electron chi connectivity index (χ0n) is 14.1. The minimum atomic E-state index is -2.84. The Bertz CT molecular complexity index is 1090. The molecule has 3 heterocycles. The van der Waals surface area contributed by atoms with Crippen molar-refractivity contribution in [2.75, 3.05) is 0 Å². The van der Waals surface area contributed by atoms with Crippen LogP contribution in [0, 0.1) is 0 Å². The number of ether oxygens (including phenoxy) is 1. The van der Waals surface area contributed by atoms with Crippen molar-refractivity contribution in [3.05, 3.63) is 65.9 Å². The molecule has 28 heavy (non-hydrogen) atoms. The molecule has 0 atom stereocenters. The second kappa shape index (κ2) is 7.29. The first-order chi connectivity index (χ1) is 13.5. The Morgan fingerprint density at radius 1 is 1.00 bits per heavy atom. The zero-order valence-corrected chi connectivity index (χ0v) is 14.1. The fourth-order valence-electron chi connectivity index (χ4n) is 2.54. The summed E-state index contributed by atoms with van der Waals surface area (Å²) < 4.78 is 62.5. The smallest absolute Gasteiger partial charge is 0.314 e. The van der Waals surface area contributed by atoms with Crippen molar-refractivity contribution in [3.63, 3.8) is 0 Å². The second-order valence-electron chi connectivity index (χ2n) is 5.82. The fraction of sp³-hybridized carbons (Fsp3) is 0.167. The summed E-state index contributed by atoms with van der Waals surface area (Å²) in [6.07, 6.45) is -1.97. The van der Waals surface area contributed by atoms with Crippen LogP contribution in [0.1, 0.15) is 30.0 Å². The van der Waals surface area contributed by atoms with E-state index in [1.165, 1.54) is 24.3 Å². The molecule has 4 rings (SSSR count). The van der Waals surface area contributed by atoms with Crippen LogP contribution in [0.15, 0.2) is 53.2 Å². The summed E-state index contributed by atoms with van der Waals surface area (Å²) >= 11 is 0. The van der Waals surface area contributed by atoms with Crippen molar-refractivity contribution in [2.24, 2.45) is 0 Å². The van der Waals surface area contributed by atoms with Gasteiger partial charge >= 0.3 is 6.43 Å². The van der Waals surface area contributed by atoms with Crippen LogP contribution in [0.5, 0.6) is 5.75 Å². The number of halogens is 4. The Labute approximate surface area is 155 Å². The Kier molecular flexibility index (Phi) is 4.68. The summed E-state index contributed by atoms with van der Waals surface area (Å²) in [6, 6.07) is 8.77. The van der Waals surface area contributed by atoms with E-state index in [1.54, 1.807) is 28.9 Å². The van der Waals surface area contributed by atoms with Crippen LogP contribution in [-0.2, 0) is 6.61 Å². The average Bonchev–Trinajstić information content (AvgIpc) is 3.33. The first-order valence-corrected chi connectivity index (χ1v) is 8.10. The Hall–Kier alpha value is -3.43. The highest BCUT2D eigenvalue weighted by Crippen LogP contribution is 2.25. The Morgan fingerprint density at radius 3 is 2.46 bits per heavy atom. The van der Waals surface area contributed by atoms with E-state index in [1.807, 2.05) is 0 Å². The monoisotopic (exact) mass is 392 g/mol. The number of alkyl halides is 4. The second-order valence-corrected chi connectivity index (χ2v) is 5.82. The highest BCUT2D eigenvalue weighted by molar-refractivity contribution is 5.59. The lowest BCUT2D eigenvalue weighted by Gasteiger charge is -2.05. The van der Waals surface area contributed by atoms with E-state index < -0.39 is 18.7 Å². The number of fused-ring (bicyclic) bond motifs is 1. The molecule has 0 unspecified atom stereocenters. The van der Waals surface area contributed by atoms with Crippen molar-refractivity contribution in [3.8, 4) is 17.2 Å². The van der Waals surface area contributed by atoms with Crippen molar-refractivity contribution < 1.29 is 26.7 Å². The molecule has 4 aromatic rings. The van der Waals surface area contributed by atoms with E-state index in [9.17, 15) is 17.6 Å². The molecule has 0 spiro atoms. The fourth-order valence-corrected chi connectivity index (χ4v) is 2.54. The molecular weight excluding hydrogens is 380 g/mol. The van der Waals surface area contributed by atoms with Gasteiger partial charge in [0.2, 0.25) is 5.89 Å². The molecule has 0 amide bonds. The van der Waals surface area contributed by atoms with Crippen molar-refractivity contribution in [2.45, 2.75) is 19.5 Å². The Balaban J connectivity index is 1.49. The average molecular weight is 392 g/mol. The van der Waals surface area contributed by atoms with Gasteiger partial charge in [0.15, 0.2) is 0 Å². The molecule has 0 saturated heterocycles. The third kappa shape index (κ3) is 3.66. The number of hydrogen-bond donors (Lipinski definition) is 0. The first kappa shape index (κ1) is 18.0. The van der Waals surface area contributed by atoms with Crippen LogP contribution in [0.3, 0.4) is 0 Å². The third-order valence-electron chi connectivity index (χ3n) is 3.90. The highest BCUT2D eigenvalue weighted by atomic mass is 19.3. The molecule has 0 bridgehead atoms. The van der Waals surface area contributed by atoms with Crippen LogP contribution in [-0.4, -0.2) is 19.6 Å². The van der Waals surface area contributed by atoms with Crippen molar-refractivity contribution >= 4 is 5.65 Å². The van der Waals surface area contributed by atoms with E-state index in [0.717, 1.165) is 0 Å². The molecule has 0 radical (unpaired) electrons. The maximum Gasteiger partial charge on any atom is 0.314 e. The van der Waals surface area contributed by atoms with E-state index in [2.05, 4.69) is 15.2 Å². The summed E-state index contributed by atoms with van der Waals surface area (Å²) in [7, 11) is 0. The lowest BCUT2D eigenvalue weighted by atomic mass is 10.2. The van der Waals surface area contributed by atoms with Crippen LogP contribution in [0.4, 0.5) is 17.6 Å². The third-order valence-corrected chi connectivity index (χ3v) is 3.90. The van der Waals surface area contributed by atoms with E-state index in [0.29, 0.717) is 22.7 Å². The van der Waals surface area contributed by atoms with Crippen molar-refractivity contribution in [1.29, 1.82) is 0 Å². The number of imidazole rings is 1. The van der Waals surface area contributed by atoms with Crippen LogP contribution < -0.4 is 4.74 Å². The molecule has 1 aromatic carbocycles. The molecule has 0 aliphatic heterocycles. The van der Waals surface area contributed by atoms with Gasteiger partial charge < -0.3 is 13.6 Å². The molecule has 0 saturated carbocycles. The molecular formula is C18H12F4N4O2. The summed E-state index contributed by atoms with van der Waals surface area (Å²) in [5, 5.41) is 6.90. The first-order valence-electron chi connectivity index (χ1n) is 8.10. The van der Waals surface area contributed by atoms with Gasteiger partial charge in [-0.05, 0) is 36.4 Å². The molecule has 0 fully saturated rings. The predicted octanol–water partition coefficient (Wildman–Crippen LogP) is 4.84. The van der Waals surface area contributed by atoms with Gasteiger partial charge in [0.05, 0.1) is 5.69 Å². The lowest BCUT2D eigenvalue weighted by molar-refractivity contribution is 0.116. The maximum absolute atomic E-state index is 12.6. The molecule has 0 aliphatic rings. The number of aromatic nitrogens is 4. The molecule has 10 heteroatoms. The minimum Gasteiger partial charge on any atom is -0.487 e. The predicted molar refractivity (Wildman–Crippen MR) is 89.2 cm³/mol. The molecule has 144 valence electrons. The van der Waals surface area contributed by atoms with E-state index >= 15 is 0 Å². The van der Waals surface area contributed by atoms with Crippen LogP contribution in [0.2, 0.25) is 0 Å². The molecule has 3 aromatic heterocycles. The van der Waals surface area contributed by atoms with Gasteiger partial charge in [-0.1, -0.05) is 0 Å². The number of hydrogen-bond acceptors (Lipinski definition) is 5. The zero-order chi connectivity index (χ0) is 19.7. The topological polar surface area (TPSA) is 65.5 Å². The van der Waals surface area contributed by atoms with Gasteiger partial charge in [-0.2, -0.15) is 8.78 Å². The van der Waals surface area contributed by atoms with Gasteiger partial charge in [0.1, 0.15) is 18.0 Å². The van der Waals surface area contributed by atoms with Crippen LogP contribution >= 0.6 is 0 Å². The molecule has 0 aliphatic carbocycles. The van der Waals surface area contributed by atoms with Gasteiger partial charge in [-0.25, -0.2) is 13.8 Å². The lowest BCUT2D eigenvalue weighted by Crippen LogP contribution is -1.95. The van der Waals surface area contributed by atoms with E-state index in [4.69, 9.17) is 9.15 Å². The number of pyridine rings is 1. The summed E-state index contributed by atoms with van der Waals surface area (Å²) in [6.45, 7) is 0.126. The number of benzene rings is 1. The van der Waals surface area contributed by atoms with E-state index in [-0.39, 0.29) is 18.1 Å². The maximum atomic E-state index is 12.6. The number of rotatable bonds is 6.